The van der Waals surface area contributed by atoms with E-state index in [-0.39, 0.29) is 11.7 Å². The van der Waals surface area contributed by atoms with Gasteiger partial charge in [-0.3, -0.25) is 4.79 Å². The Morgan fingerprint density at radius 3 is 2.67 bits per heavy atom. The maximum absolute atomic E-state index is 12.2. The lowest BCUT2D eigenvalue weighted by Gasteiger charge is -2.10. The van der Waals surface area contributed by atoms with E-state index >= 15 is 0 Å². The number of nitrogens with one attached hydrogen (secondary N) is 2. The summed E-state index contributed by atoms with van der Waals surface area (Å²) in [5.41, 5.74) is 3.28. The predicted molar refractivity (Wildman–Crippen MR) is 108 cm³/mol. The molecule has 0 saturated carbocycles. The average Bonchev–Trinajstić information content (AvgIpc) is 2.90. The molecule has 0 saturated heterocycles. The van der Waals surface area contributed by atoms with Crippen molar-refractivity contribution in [3.8, 4) is 0 Å². The van der Waals surface area contributed by atoms with Crippen LogP contribution < -0.4 is 5.32 Å². The Bertz CT molecular complexity index is 905. The van der Waals surface area contributed by atoms with E-state index in [0.29, 0.717) is 10.8 Å². The first kappa shape index (κ1) is 17.9. The van der Waals surface area contributed by atoms with Crippen LogP contribution in [0, 0.1) is 6.92 Å². The van der Waals surface area contributed by atoms with Crippen LogP contribution in [0.5, 0.6) is 0 Å². The van der Waals surface area contributed by atoms with Gasteiger partial charge in [0.15, 0.2) is 10.8 Å². The van der Waals surface area contributed by atoms with Gasteiger partial charge in [-0.25, -0.2) is 9.97 Å². The molecule has 9 heteroatoms. The molecule has 1 amide bonds. The number of amides is 1. The quantitative estimate of drug-likeness (QED) is 0.447. The van der Waals surface area contributed by atoms with E-state index < -0.39 is 0 Å². The standard InChI is InChI=1S/C15H11Br3N4OS/c1-7-2-9(17)13(10(18)3-7)21-12(23)6-24-15-20-11-4-8(16)5-19-14(11)22-15/h2-5H,6H2,1H3,(H,21,23)(H,19,20,22). The number of carbonyl (C=O) groups is 1. The summed E-state index contributed by atoms with van der Waals surface area (Å²) in [6.45, 7) is 1.99. The summed E-state index contributed by atoms with van der Waals surface area (Å²) in [7, 11) is 0. The second-order valence-corrected chi connectivity index (χ2v) is 8.60. The maximum Gasteiger partial charge on any atom is 0.234 e. The van der Waals surface area contributed by atoms with Crippen LogP contribution in [-0.2, 0) is 4.79 Å². The molecule has 0 radical (unpaired) electrons. The van der Waals surface area contributed by atoms with E-state index in [1.807, 2.05) is 25.1 Å². The molecule has 0 bridgehead atoms. The molecule has 3 rings (SSSR count). The number of thioether (sulfide) groups is 1. The summed E-state index contributed by atoms with van der Waals surface area (Å²) >= 11 is 11.6. The Hall–Kier alpha value is -0.900. The van der Waals surface area contributed by atoms with Gasteiger partial charge in [0.1, 0.15) is 0 Å². The molecule has 1 aromatic carbocycles. The zero-order valence-corrected chi connectivity index (χ0v) is 17.9. The van der Waals surface area contributed by atoms with Crippen LogP contribution in [0.25, 0.3) is 11.2 Å². The lowest BCUT2D eigenvalue weighted by molar-refractivity contribution is -0.113. The summed E-state index contributed by atoms with van der Waals surface area (Å²) in [5, 5.41) is 3.56. The van der Waals surface area contributed by atoms with Gasteiger partial charge in [0.2, 0.25) is 5.91 Å². The van der Waals surface area contributed by atoms with Crippen molar-refractivity contribution in [2.75, 3.05) is 11.1 Å². The monoisotopic (exact) mass is 532 g/mol. The predicted octanol–water partition coefficient (Wildman–Crippen LogP) is 5.28. The first-order valence-electron chi connectivity index (χ1n) is 6.82. The molecular weight excluding hydrogens is 524 g/mol. The van der Waals surface area contributed by atoms with Gasteiger partial charge in [0, 0.05) is 19.6 Å². The molecule has 0 fully saturated rings. The number of fused-ring (bicyclic) bond motifs is 1. The number of rotatable bonds is 4. The number of H-pyrrole nitrogens is 1. The summed E-state index contributed by atoms with van der Waals surface area (Å²) in [6.07, 6.45) is 1.69. The smallest absolute Gasteiger partial charge is 0.234 e. The molecular formula is C15H11Br3N4OS. The Morgan fingerprint density at radius 1 is 1.25 bits per heavy atom. The van der Waals surface area contributed by atoms with Crippen molar-refractivity contribution in [2.45, 2.75) is 12.1 Å². The third-order valence-corrected chi connectivity index (χ3v) is 5.63. The van der Waals surface area contributed by atoms with Crippen molar-refractivity contribution in [3.63, 3.8) is 0 Å². The fraction of sp³-hybridized carbons (Fsp3) is 0.133. The Balaban J connectivity index is 1.67. The summed E-state index contributed by atoms with van der Waals surface area (Å²) in [6, 6.07) is 5.81. The van der Waals surface area contributed by atoms with Crippen molar-refractivity contribution >= 4 is 82.3 Å². The summed E-state index contributed by atoms with van der Waals surface area (Å²) < 4.78 is 2.55. The van der Waals surface area contributed by atoms with Gasteiger partial charge in [0.05, 0.1) is 17.0 Å². The van der Waals surface area contributed by atoms with E-state index in [4.69, 9.17) is 0 Å². The lowest BCUT2D eigenvalue weighted by Crippen LogP contribution is -2.15. The minimum absolute atomic E-state index is 0.111. The number of benzene rings is 1. The number of carbonyl (C=O) groups excluding carboxylic acids is 1. The second-order valence-electron chi connectivity index (χ2n) is 5.01. The molecule has 3 aromatic rings. The molecule has 2 N–H and O–H groups in total. The highest BCUT2D eigenvalue weighted by molar-refractivity contribution is 9.11. The number of anilines is 1. The van der Waals surface area contributed by atoms with Crippen LogP contribution >= 0.6 is 59.6 Å². The maximum atomic E-state index is 12.2. The molecule has 2 aromatic heterocycles. The minimum Gasteiger partial charge on any atom is -0.331 e. The number of imidazole rings is 1. The largest absolute Gasteiger partial charge is 0.331 e. The number of aromatic amines is 1. The van der Waals surface area contributed by atoms with Gasteiger partial charge in [-0.15, -0.1) is 0 Å². The van der Waals surface area contributed by atoms with Crippen LogP contribution in [-0.4, -0.2) is 26.6 Å². The van der Waals surface area contributed by atoms with Crippen LogP contribution in [0.1, 0.15) is 5.56 Å². The molecule has 0 atom stereocenters. The van der Waals surface area contributed by atoms with E-state index in [2.05, 4.69) is 68.1 Å². The van der Waals surface area contributed by atoms with Crippen molar-refractivity contribution in [3.05, 3.63) is 43.4 Å². The van der Waals surface area contributed by atoms with E-state index in [1.165, 1.54) is 11.8 Å². The average molecular weight is 535 g/mol. The number of nitrogens with zero attached hydrogens (tertiary/aromatic N) is 2. The topological polar surface area (TPSA) is 70.7 Å². The zero-order chi connectivity index (χ0) is 17.3. The van der Waals surface area contributed by atoms with Gasteiger partial charge in [-0.05, 0) is 78.5 Å². The highest BCUT2D eigenvalue weighted by atomic mass is 79.9. The molecule has 0 unspecified atom stereocenters. The second kappa shape index (κ2) is 7.55. The third kappa shape index (κ3) is 4.19. The third-order valence-electron chi connectivity index (χ3n) is 3.07. The Labute approximate surface area is 167 Å². The SMILES string of the molecule is Cc1cc(Br)c(NC(=O)CSc2nc3ncc(Br)cc3[nH]2)c(Br)c1. The minimum atomic E-state index is -0.111. The molecule has 0 aliphatic heterocycles. The highest BCUT2D eigenvalue weighted by Crippen LogP contribution is 2.32. The number of aromatic nitrogens is 3. The molecule has 2 heterocycles. The summed E-state index contributed by atoms with van der Waals surface area (Å²) in [5.74, 6) is 0.133. The molecule has 0 aliphatic carbocycles. The normalized spacial score (nSPS) is 11.0. The van der Waals surface area contributed by atoms with Gasteiger partial charge >= 0.3 is 0 Å². The first-order chi connectivity index (χ1) is 11.4. The van der Waals surface area contributed by atoms with E-state index in [1.54, 1.807) is 6.20 Å². The van der Waals surface area contributed by atoms with Crippen LogP contribution in [0.2, 0.25) is 0 Å². The van der Waals surface area contributed by atoms with Crippen LogP contribution in [0.3, 0.4) is 0 Å². The molecule has 5 nitrogen and oxygen atoms in total. The van der Waals surface area contributed by atoms with Crippen LogP contribution in [0.15, 0.2) is 43.0 Å². The Morgan fingerprint density at radius 2 is 1.96 bits per heavy atom. The summed E-state index contributed by atoms with van der Waals surface area (Å²) in [4.78, 5) is 23.9. The lowest BCUT2D eigenvalue weighted by atomic mass is 10.2. The van der Waals surface area contributed by atoms with Crippen molar-refractivity contribution in [1.29, 1.82) is 0 Å². The number of pyridine rings is 1. The Kier molecular flexibility index (Phi) is 5.63. The van der Waals surface area contributed by atoms with E-state index in [9.17, 15) is 4.79 Å². The molecule has 0 aliphatic rings. The van der Waals surface area contributed by atoms with E-state index in [0.717, 1.165) is 30.2 Å². The van der Waals surface area contributed by atoms with Crippen molar-refractivity contribution in [2.24, 2.45) is 0 Å². The van der Waals surface area contributed by atoms with Crippen molar-refractivity contribution < 1.29 is 4.79 Å². The number of aryl methyl sites for hydroxylation is 1. The molecule has 0 spiro atoms. The van der Waals surface area contributed by atoms with Gasteiger partial charge in [-0.1, -0.05) is 11.8 Å². The van der Waals surface area contributed by atoms with Gasteiger partial charge in [-0.2, -0.15) is 0 Å². The molecule has 124 valence electrons. The van der Waals surface area contributed by atoms with Crippen LogP contribution in [0.4, 0.5) is 5.69 Å². The number of halogens is 3. The van der Waals surface area contributed by atoms with Gasteiger partial charge in [0.25, 0.3) is 0 Å². The highest BCUT2D eigenvalue weighted by Gasteiger charge is 2.12. The number of hydrogen-bond donors (Lipinski definition) is 2. The fourth-order valence-electron chi connectivity index (χ4n) is 2.05. The van der Waals surface area contributed by atoms with Gasteiger partial charge < -0.3 is 10.3 Å². The zero-order valence-electron chi connectivity index (χ0n) is 12.4. The number of hydrogen-bond acceptors (Lipinski definition) is 4. The fourth-order valence-corrected chi connectivity index (χ4v) is 4.67. The molecule has 24 heavy (non-hydrogen) atoms. The van der Waals surface area contributed by atoms with Crippen molar-refractivity contribution in [1.82, 2.24) is 15.0 Å². The first-order valence-corrected chi connectivity index (χ1v) is 10.2.